The molecule has 1 atom stereocenters. The van der Waals surface area contributed by atoms with Crippen LogP contribution in [-0.4, -0.2) is 41.9 Å². The molecule has 3 aromatic rings. The smallest absolute Gasteiger partial charge is 0.429 e. The number of piperidine rings is 1. The van der Waals surface area contributed by atoms with Crippen molar-refractivity contribution < 1.29 is 22.7 Å². The predicted octanol–water partition coefficient (Wildman–Crippen LogP) is 5.64. The van der Waals surface area contributed by atoms with Crippen molar-refractivity contribution in [2.24, 2.45) is 5.92 Å². The van der Waals surface area contributed by atoms with E-state index in [4.69, 9.17) is 4.98 Å². The number of pyridine rings is 1. The van der Waals surface area contributed by atoms with Crippen LogP contribution in [-0.2, 0) is 4.74 Å². The number of nitrogens with one attached hydrogen (secondary N) is 1. The SMILES string of the molecule is Cc1ccc2nc(N3CCC(CCNC(=O)OC(c4nccs4)C(F)(F)F)CC3)ccc2c1. The second-order valence-corrected chi connectivity index (χ2v) is 9.13. The summed E-state index contributed by atoms with van der Waals surface area (Å²) in [6.07, 6.45) is -4.36. The Labute approximate surface area is 193 Å². The minimum absolute atomic E-state index is 0.263. The lowest BCUT2D eigenvalue weighted by Crippen LogP contribution is -2.36. The number of aromatic nitrogens is 2. The highest BCUT2D eigenvalue weighted by Gasteiger charge is 2.46. The van der Waals surface area contributed by atoms with E-state index in [1.807, 2.05) is 12.1 Å². The molecule has 1 saturated heterocycles. The second kappa shape index (κ2) is 9.94. The first-order valence-corrected chi connectivity index (χ1v) is 11.7. The molecular weight excluding hydrogens is 453 g/mol. The number of nitrogens with zero attached hydrogens (tertiary/aromatic N) is 3. The van der Waals surface area contributed by atoms with Crippen LogP contribution < -0.4 is 10.2 Å². The molecule has 1 N–H and O–H groups in total. The van der Waals surface area contributed by atoms with Crippen molar-refractivity contribution in [1.29, 1.82) is 0 Å². The number of hydrogen-bond acceptors (Lipinski definition) is 6. The molecule has 1 fully saturated rings. The van der Waals surface area contributed by atoms with E-state index >= 15 is 0 Å². The molecule has 176 valence electrons. The highest BCUT2D eigenvalue weighted by molar-refractivity contribution is 7.09. The summed E-state index contributed by atoms with van der Waals surface area (Å²) < 4.78 is 44.2. The van der Waals surface area contributed by atoms with E-state index in [1.165, 1.54) is 17.1 Å². The van der Waals surface area contributed by atoms with Gasteiger partial charge in [-0.05, 0) is 56.4 Å². The Morgan fingerprint density at radius 1 is 1.27 bits per heavy atom. The third kappa shape index (κ3) is 5.93. The van der Waals surface area contributed by atoms with Gasteiger partial charge in [0.05, 0.1) is 5.52 Å². The van der Waals surface area contributed by atoms with Gasteiger partial charge in [0, 0.05) is 36.6 Å². The molecule has 0 radical (unpaired) electrons. The third-order valence-corrected chi connectivity index (χ3v) is 6.61. The van der Waals surface area contributed by atoms with E-state index in [0.29, 0.717) is 12.3 Å². The summed E-state index contributed by atoms with van der Waals surface area (Å²) in [5, 5.41) is 4.69. The average Bonchev–Trinajstić information content (AvgIpc) is 3.31. The van der Waals surface area contributed by atoms with Gasteiger partial charge in [0.1, 0.15) is 10.8 Å². The van der Waals surface area contributed by atoms with Gasteiger partial charge >= 0.3 is 12.3 Å². The zero-order valence-corrected chi connectivity index (χ0v) is 19.0. The van der Waals surface area contributed by atoms with E-state index in [1.54, 1.807) is 0 Å². The number of anilines is 1. The molecule has 1 unspecified atom stereocenters. The molecule has 1 amide bonds. The number of benzene rings is 1. The second-order valence-electron chi connectivity index (χ2n) is 8.21. The maximum absolute atomic E-state index is 13.2. The number of ether oxygens (including phenoxy) is 1. The molecule has 10 heteroatoms. The maximum Gasteiger partial charge on any atom is 0.432 e. The molecule has 1 aliphatic rings. The van der Waals surface area contributed by atoms with Gasteiger partial charge in [0.25, 0.3) is 0 Å². The fourth-order valence-corrected chi connectivity index (χ4v) is 4.70. The Balaban J connectivity index is 1.23. The van der Waals surface area contributed by atoms with Gasteiger partial charge in [0.15, 0.2) is 0 Å². The van der Waals surface area contributed by atoms with Gasteiger partial charge in [-0.15, -0.1) is 11.3 Å². The summed E-state index contributed by atoms with van der Waals surface area (Å²) in [4.78, 5) is 22.6. The van der Waals surface area contributed by atoms with Crippen LogP contribution in [0.15, 0.2) is 41.9 Å². The summed E-state index contributed by atoms with van der Waals surface area (Å²) in [5.41, 5.74) is 2.17. The maximum atomic E-state index is 13.2. The first-order valence-electron chi connectivity index (χ1n) is 10.8. The third-order valence-electron chi connectivity index (χ3n) is 5.79. The summed E-state index contributed by atoms with van der Waals surface area (Å²) in [7, 11) is 0. The van der Waals surface area contributed by atoms with Gasteiger partial charge in [-0.2, -0.15) is 13.2 Å². The number of aryl methyl sites for hydroxylation is 1. The Hall–Kier alpha value is -2.88. The molecule has 4 rings (SSSR count). The van der Waals surface area contributed by atoms with Crippen LogP contribution in [0.4, 0.5) is 23.8 Å². The van der Waals surface area contributed by atoms with Gasteiger partial charge < -0.3 is 15.0 Å². The van der Waals surface area contributed by atoms with Gasteiger partial charge in [0.2, 0.25) is 6.10 Å². The highest BCUT2D eigenvalue weighted by Crippen LogP contribution is 2.36. The monoisotopic (exact) mass is 478 g/mol. The van der Waals surface area contributed by atoms with Gasteiger partial charge in [-0.25, -0.2) is 14.8 Å². The van der Waals surface area contributed by atoms with E-state index in [0.717, 1.165) is 54.0 Å². The summed E-state index contributed by atoms with van der Waals surface area (Å²) in [6, 6.07) is 10.3. The number of rotatable bonds is 6. The Kier molecular flexibility index (Phi) is 7.02. The lowest BCUT2D eigenvalue weighted by Gasteiger charge is -2.33. The summed E-state index contributed by atoms with van der Waals surface area (Å²) in [5.74, 6) is 1.33. The van der Waals surface area contributed by atoms with Gasteiger partial charge in [-0.1, -0.05) is 11.6 Å². The fourth-order valence-electron chi connectivity index (χ4n) is 4.01. The highest BCUT2D eigenvalue weighted by atomic mass is 32.1. The zero-order chi connectivity index (χ0) is 23.4. The number of alkyl halides is 3. The summed E-state index contributed by atoms with van der Waals surface area (Å²) >= 11 is 0.800. The number of fused-ring (bicyclic) bond motifs is 1. The Morgan fingerprint density at radius 2 is 2.06 bits per heavy atom. The van der Waals surface area contributed by atoms with E-state index < -0.39 is 18.4 Å². The van der Waals surface area contributed by atoms with Crippen molar-refractivity contribution in [2.75, 3.05) is 24.5 Å². The van der Waals surface area contributed by atoms with Crippen LogP contribution in [0.2, 0.25) is 0 Å². The minimum Gasteiger partial charge on any atom is -0.429 e. The quantitative estimate of drug-likeness (QED) is 0.497. The van der Waals surface area contributed by atoms with E-state index in [-0.39, 0.29) is 11.6 Å². The molecular formula is C23H25F3N4O2S. The van der Waals surface area contributed by atoms with Crippen molar-refractivity contribution in [1.82, 2.24) is 15.3 Å². The number of amides is 1. The van der Waals surface area contributed by atoms with E-state index in [9.17, 15) is 18.0 Å². The number of carbonyl (C=O) groups excluding carboxylic acids is 1. The van der Waals surface area contributed by atoms with Crippen LogP contribution in [0.5, 0.6) is 0 Å². The summed E-state index contributed by atoms with van der Waals surface area (Å²) in [6.45, 7) is 4.02. The lowest BCUT2D eigenvalue weighted by atomic mass is 9.93. The van der Waals surface area contributed by atoms with Crippen LogP contribution in [0.3, 0.4) is 0 Å². The van der Waals surface area contributed by atoms with Crippen LogP contribution in [0, 0.1) is 12.8 Å². The Morgan fingerprint density at radius 3 is 2.76 bits per heavy atom. The molecule has 2 aromatic heterocycles. The molecule has 1 aromatic carbocycles. The zero-order valence-electron chi connectivity index (χ0n) is 18.1. The molecule has 0 aliphatic carbocycles. The lowest BCUT2D eigenvalue weighted by molar-refractivity contribution is -0.206. The van der Waals surface area contributed by atoms with Crippen LogP contribution in [0.1, 0.15) is 35.9 Å². The minimum atomic E-state index is -4.71. The molecule has 0 spiro atoms. The fraction of sp³-hybridized carbons (Fsp3) is 0.435. The largest absolute Gasteiger partial charge is 0.432 e. The number of hydrogen-bond donors (Lipinski definition) is 1. The standard InChI is InChI=1S/C23H25F3N4O2S/c1-15-2-4-18-17(14-15)3-5-19(29-18)30-11-7-16(8-12-30)6-9-28-22(31)32-20(23(24,25)26)21-27-10-13-33-21/h2-5,10,13-14,16,20H,6-9,11-12H2,1H3,(H,28,31). The topological polar surface area (TPSA) is 67.4 Å². The first kappa shape index (κ1) is 23.3. The van der Waals surface area contributed by atoms with Crippen LogP contribution >= 0.6 is 11.3 Å². The number of halogens is 3. The normalized spacial score (nSPS) is 16.1. The van der Waals surface area contributed by atoms with Crippen molar-refractivity contribution in [3.8, 4) is 0 Å². The molecule has 1 aliphatic heterocycles. The molecule has 33 heavy (non-hydrogen) atoms. The first-order chi connectivity index (χ1) is 15.8. The average molecular weight is 479 g/mol. The number of thiazole rings is 1. The number of carbonyl (C=O) groups is 1. The van der Waals surface area contributed by atoms with Crippen molar-refractivity contribution in [2.45, 2.75) is 38.5 Å². The van der Waals surface area contributed by atoms with Crippen molar-refractivity contribution in [3.63, 3.8) is 0 Å². The molecule has 0 saturated carbocycles. The van der Waals surface area contributed by atoms with E-state index in [2.05, 4.69) is 45.1 Å². The van der Waals surface area contributed by atoms with Crippen molar-refractivity contribution in [3.05, 3.63) is 52.5 Å². The molecule has 3 heterocycles. The van der Waals surface area contributed by atoms with Crippen molar-refractivity contribution >= 4 is 34.2 Å². The Bertz CT molecular complexity index is 1080. The van der Waals surface area contributed by atoms with Crippen LogP contribution in [0.25, 0.3) is 10.9 Å². The molecule has 0 bridgehead atoms. The predicted molar refractivity (Wildman–Crippen MR) is 121 cm³/mol. The molecule has 6 nitrogen and oxygen atoms in total. The van der Waals surface area contributed by atoms with Gasteiger partial charge in [-0.3, -0.25) is 0 Å². The number of alkyl carbamates (subject to hydrolysis) is 1.